The molecule has 0 aliphatic carbocycles. The zero-order valence-corrected chi connectivity index (χ0v) is 27.6. The summed E-state index contributed by atoms with van der Waals surface area (Å²) in [5.41, 5.74) is 7.67. The lowest BCUT2D eigenvalue weighted by molar-refractivity contribution is 0.627. The van der Waals surface area contributed by atoms with Crippen molar-refractivity contribution >= 4 is 22.7 Å². The molecule has 0 N–H and O–H groups in total. The summed E-state index contributed by atoms with van der Waals surface area (Å²) in [6, 6.07) is 32.9. The topological polar surface area (TPSA) is 87.2 Å². The Hall–Kier alpha value is -5.72. The van der Waals surface area contributed by atoms with Gasteiger partial charge < -0.3 is 0 Å². The summed E-state index contributed by atoms with van der Waals surface area (Å²) in [4.78, 5) is 9.20. The second kappa shape index (κ2) is 15.0. The Balaban J connectivity index is 0.000000154. The predicted octanol–water partition coefficient (Wildman–Crippen LogP) is 8.44. The van der Waals surface area contributed by atoms with Gasteiger partial charge in [-0.05, 0) is 54.1 Å². The van der Waals surface area contributed by atoms with Crippen molar-refractivity contribution in [3.05, 3.63) is 167 Å². The van der Waals surface area contributed by atoms with Crippen molar-refractivity contribution in [2.75, 3.05) is 0 Å². The molecule has 4 heterocycles. The van der Waals surface area contributed by atoms with Gasteiger partial charge in [0.1, 0.15) is 27.3 Å². The molecule has 49 heavy (non-hydrogen) atoms. The van der Waals surface area contributed by atoms with Crippen molar-refractivity contribution in [1.29, 1.82) is 0 Å². The van der Waals surface area contributed by atoms with E-state index >= 15 is 0 Å². The van der Waals surface area contributed by atoms with Crippen molar-refractivity contribution < 1.29 is 8.78 Å². The Labute approximate surface area is 289 Å². The molecule has 0 unspecified atom stereocenters. The van der Waals surface area contributed by atoms with E-state index in [1.165, 1.54) is 41.2 Å². The van der Waals surface area contributed by atoms with Crippen LogP contribution in [0.3, 0.4) is 0 Å². The van der Waals surface area contributed by atoms with Gasteiger partial charge in [0.15, 0.2) is 0 Å². The number of hydrogen-bond donors (Lipinski definition) is 0. The summed E-state index contributed by atoms with van der Waals surface area (Å²) >= 11 is 3.08. The maximum Gasteiger partial charge on any atom is 0.123 e. The van der Waals surface area contributed by atoms with Gasteiger partial charge >= 0.3 is 0 Å². The number of aromatic nitrogens is 8. The molecule has 8 nitrogen and oxygen atoms in total. The lowest BCUT2D eigenvalue weighted by atomic mass is 10.1. The van der Waals surface area contributed by atoms with Crippen LogP contribution in [0.1, 0.15) is 22.6 Å². The van der Waals surface area contributed by atoms with Gasteiger partial charge in [0.05, 0.1) is 36.4 Å². The van der Waals surface area contributed by atoms with Crippen molar-refractivity contribution in [2.24, 2.45) is 0 Å². The van der Waals surface area contributed by atoms with Crippen molar-refractivity contribution in [3.63, 3.8) is 0 Å². The molecule has 8 aromatic rings. The highest BCUT2D eigenvalue weighted by molar-refractivity contribution is 7.13. The monoisotopic (exact) mass is 686 g/mol. The fourth-order valence-corrected chi connectivity index (χ4v) is 6.59. The molecule has 0 amide bonds. The Bertz CT molecular complexity index is 2230. The lowest BCUT2D eigenvalue weighted by Crippen LogP contribution is -2.00. The highest BCUT2D eigenvalue weighted by atomic mass is 32.1. The van der Waals surface area contributed by atoms with Gasteiger partial charge in [-0.15, -0.1) is 32.9 Å². The second-order valence-electron chi connectivity index (χ2n) is 11.0. The highest BCUT2D eigenvalue weighted by Gasteiger charge is 2.10. The third kappa shape index (κ3) is 8.42. The first kappa shape index (κ1) is 31.9. The van der Waals surface area contributed by atoms with Crippen LogP contribution in [0, 0.1) is 11.6 Å². The van der Waals surface area contributed by atoms with E-state index in [-0.39, 0.29) is 11.6 Å². The van der Waals surface area contributed by atoms with Crippen LogP contribution in [0.25, 0.3) is 32.4 Å². The third-order valence-electron chi connectivity index (χ3n) is 7.36. The van der Waals surface area contributed by atoms with Crippen LogP contribution in [0.15, 0.2) is 132 Å². The average Bonchev–Trinajstić information content (AvgIpc) is 3.97. The molecule has 0 atom stereocenters. The van der Waals surface area contributed by atoms with Crippen LogP contribution >= 0.6 is 22.7 Å². The number of thiazole rings is 2. The minimum Gasteiger partial charge on any atom is -0.246 e. The average molecular weight is 687 g/mol. The normalized spacial score (nSPS) is 10.9. The van der Waals surface area contributed by atoms with Crippen LogP contribution in [0.4, 0.5) is 8.78 Å². The maximum atomic E-state index is 13.0. The van der Waals surface area contributed by atoms with Crippen LogP contribution in [0.5, 0.6) is 0 Å². The summed E-state index contributed by atoms with van der Waals surface area (Å²) in [5, 5.41) is 22.5. The molecule has 0 saturated carbocycles. The van der Waals surface area contributed by atoms with Gasteiger partial charge in [0.2, 0.25) is 0 Å². The summed E-state index contributed by atoms with van der Waals surface area (Å²) in [5.74, 6) is -0.485. The van der Waals surface area contributed by atoms with Gasteiger partial charge in [0.25, 0.3) is 0 Å². The molecule has 8 rings (SSSR count). The van der Waals surface area contributed by atoms with E-state index < -0.39 is 0 Å². The van der Waals surface area contributed by atoms with E-state index in [0.717, 1.165) is 55.9 Å². The zero-order valence-electron chi connectivity index (χ0n) is 26.0. The molecular formula is C37H28F2N8S2. The first-order chi connectivity index (χ1) is 24.0. The number of hydrogen-bond acceptors (Lipinski definition) is 8. The van der Waals surface area contributed by atoms with E-state index in [4.69, 9.17) is 0 Å². The van der Waals surface area contributed by atoms with Crippen LogP contribution in [-0.2, 0) is 19.5 Å². The molecule has 4 aromatic carbocycles. The van der Waals surface area contributed by atoms with Gasteiger partial charge in [-0.3, -0.25) is 0 Å². The molecule has 0 fully saturated rings. The smallest absolute Gasteiger partial charge is 0.123 e. The first-order valence-corrected chi connectivity index (χ1v) is 17.1. The van der Waals surface area contributed by atoms with E-state index in [1.54, 1.807) is 45.0 Å². The highest BCUT2D eigenvalue weighted by Crippen LogP contribution is 2.26. The van der Waals surface area contributed by atoms with Gasteiger partial charge in [-0.1, -0.05) is 71.1 Å². The summed E-state index contributed by atoms with van der Waals surface area (Å²) < 4.78 is 29.6. The first-order valence-electron chi connectivity index (χ1n) is 15.3. The third-order valence-corrected chi connectivity index (χ3v) is 9.24. The standard InChI is InChI=1S/C19H15FN4S.C18H13FN4S/c20-16-8-6-15(7-9-16)19-21-18(13-25-19)12-24-11-17(22-23-24)10-14-4-2-1-3-5-14;19-15-8-6-14(7-9-15)18-20-16(12-24-18)10-23-11-17(21-22-23)13-4-2-1-3-5-13/h1-9,11,13H,10,12H2;1-9,11-12H,10H2. The van der Waals surface area contributed by atoms with Crippen molar-refractivity contribution in [1.82, 2.24) is 40.0 Å². The lowest BCUT2D eigenvalue weighted by Gasteiger charge is -1.97. The largest absolute Gasteiger partial charge is 0.246 e. The van der Waals surface area contributed by atoms with Crippen LogP contribution in [-0.4, -0.2) is 40.0 Å². The molecule has 0 aliphatic heterocycles. The summed E-state index contributed by atoms with van der Waals surface area (Å²) in [6.45, 7) is 1.12. The van der Waals surface area contributed by atoms with E-state index in [1.807, 2.05) is 71.7 Å². The number of nitrogens with zero attached hydrogens (tertiary/aromatic N) is 8. The molecule has 12 heteroatoms. The molecule has 0 spiro atoms. The molecule has 0 radical (unpaired) electrons. The minimum atomic E-state index is -0.244. The van der Waals surface area contributed by atoms with Crippen molar-refractivity contribution in [3.8, 4) is 32.4 Å². The molecule has 0 aliphatic rings. The molecule has 242 valence electrons. The number of benzene rings is 4. The molecule has 4 aromatic heterocycles. The van der Waals surface area contributed by atoms with Gasteiger partial charge in [-0.25, -0.2) is 28.1 Å². The Morgan fingerprint density at radius 3 is 1.59 bits per heavy atom. The molecule has 0 saturated heterocycles. The predicted molar refractivity (Wildman–Crippen MR) is 188 cm³/mol. The fraction of sp³-hybridized carbons (Fsp3) is 0.0811. The van der Waals surface area contributed by atoms with E-state index in [9.17, 15) is 8.78 Å². The Kier molecular flexibility index (Phi) is 9.76. The Morgan fingerprint density at radius 2 is 1.02 bits per heavy atom. The quantitative estimate of drug-likeness (QED) is 0.152. The zero-order chi connectivity index (χ0) is 33.4. The summed E-state index contributed by atoms with van der Waals surface area (Å²) in [6.07, 6.45) is 4.62. The molecule has 0 bridgehead atoms. The van der Waals surface area contributed by atoms with Crippen LogP contribution < -0.4 is 0 Å². The maximum absolute atomic E-state index is 13.0. The van der Waals surface area contributed by atoms with Gasteiger partial charge in [-0.2, -0.15) is 0 Å². The fourth-order valence-electron chi connectivity index (χ4n) is 4.96. The number of rotatable bonds is 9. The summed E-state index contributed by atoms with van der Waals surface area (Å²) in [7, 11) is 0. The Morgan fingerprint density at radius 1 is 0.510 bits per heavy atom. The minimum absolute atomic E-state index is 0.242. The van der Waals surface area contributed by atoms with Crippen molar-refractivity contribution in [2.45, 2.75) is 19.5 Å². The van der Waals surface area contributed by atoms with E-state index in [2.05, 4.69) is 42.7 Å². The van der Waals surface area contributed by atoms with E-state index in [0.29, 0.717) is 13.1 Å². The SMILES string of the molecule is Fc1ccc(-c2nc(Cn3cc(-c4ccccc4)nn3)cs2)cc1.Fc1ccc(-c2nc(Cn3cc(Cc4ccccc4)nn3)cs2)cc1. The molecular weight excluding hydrogens is 659 g/mol. The van der Waals surface area contributed by atoms with Crippen LogP contribution in [0.2, 0.25) is 0 Å². The van der Waals surface area contributed by atoms with Gasteiger partial charge in [0, 0.05) is 40.1 Å². The second-order valence-corrected chi connectivity index (χ2v) is 12.8. The number of halogens is 2.